The molecule has 6 nitrogen and oxygen atoms in total. The standard InChI is InChI=1S/C31H26BrNO5/c1-16(2)28(31(37)38-15-23(34)17-11-13-18(32)14-12-17)33-29(35)26-24-19-7-3-4-8-20(19)25(27(26)30(33)36)22-10-6-5-9-21(22)24/h3-14,16,24-28H,15H2,1-2H3/t24?,25?,26-,27-,28-/m1/s1. The number of benzene rings is 3. The molecule has 1 heterocycles. The highest BCUT2D eigenvalue weighted by molar-refractivity contribution is 9.10. The minimum absolute atomic E-state index is 0.248. The fourth-order valence-electron chi connectivity index (χ4n) is 6.59. The summed E-state index contributed by atoms with van der Waals surface area (Å²) in [5.41, 5.74) is 4.70. The van der Waals surface area contributed by atoms with Gasteiger partial charge >= 0.3 is 5.97 Å². The van der Waals surface area contributed by atoms with Gasteiger partial charge in [-0.1, -0.05) is 90.4 Å². The second-order valence-corrected chi connectivity index (χ2v) is 11.5. The van der Waals surface area contributed by atoms with Gasteiger partial charge in [-0.15, -0.1) is 0 Å². The topological polar surface area (TPSA) is 80.8 Å². The summed E-state index contributed by atoms with van der Waals surface area (Å²) in [6.45, 7) is 3.10. The molecule has 3 aromatic rings. The fourth-order valence-corrected chi connectivity index (χ4v) is 6.86. The highest BCUT2D eigenvalue weighted by atomic mass is 79.9. The third-order valence-corrected chi connectivity index (χ3v) is 8.67. The van der Waals surface area contributed by atoms with Crippen LogP contribution in [0.15, 0.2) is 77.3 Å². The average Bonchev–Trinajstić information content (AvgIpc) is 3.18. The maximum Gasteiger partial charge on any atom is 0.330 e. The van der Waals surface area contributed by atoms with Crippen LogP contribution in [0.3, 0.4) is 0 Å². The van der Waals surface area contributed by atoms with Crippen LogP contribution in [0.4, 0.5) is 0 Å². The number of carbonyl (C=O) groups excluding carboxylic acids is 4. The molecule has 0 aromatic heterocycles. The number of ketones is 1. The Bertz CT molecular complexity index is 1360. The van der Waals surface area contributed by atoms with Crippen molar-refractivity contribution in [1.82, 2.24) is 4.90 Å². The summed E-state index contributed by atoms with van der Waals surface area (Å²) in [7, 11) is 0. The number of ether oxygens (including phenoxy) is 1. The minimum Gasteiger partial charge on any atom is -0.456 e. The number of amides is 2. The van der Waals surface area contributed by atoms with E-state index in [1.54, 1.807) is 38.1 Å². The van der Waals surface area contributed by atoms with E-state index >= 15 is 0 Å². The Hall–Kier alpha value is -3.58. The van der Waals surface area contributed by atoms with Gasteiger partial charge in [0.05, 0.1) is 11.8 Å². The Morgan fingerprint density at radius 2 is 1.24 bits per heavy atom. The first-order valence-corrected chi connectivity index (χ1v) is 13.6. The fraction of sp³-hybridized carbons (Fsp3) is 0.290. The molecule has 0 unspecified atom stereocenters. The Kier molecular flexibility index (Phi) is 6.06. The molecule has 7 heteroatoms. The molecule has 3 atom stereocenters. The molecule has 7 rings (SSSR count). The molecule has 3 aromatic carbocycles. The van der Waals surface area contributed by atoms with Crippen LogP contribution in [0.1, 0.15) is 58.3 Å². The quantitative estimate of drug-likeness (QED) is 0.234. The van der Waals surface area contributed by atoms with Gasteiger partial charge in [-0.05, 0) is 40.3 Å². The number of Topliss-reactive ketones (excluding diaryl/α,β-unsaturated/α-hetero) is 1. The summed E-state index contributed by atoms with van der Waals surface area (Å²) < 4.78 is 6.25. The summed E-state index contributed by atoms with van der Waals surface area (Å²) >= 11 is 3.33. The Labute approximate surface area is 229 Å². The van der Waals surface area contributed by atoms with E-state index in [1.807, 2.05) is 48.5 Å². The molecule has 1 saturated heterocycles. The smallest absolute Gasteiger partial charge is 0.330 e. The number of halogens is 1. The summed E-state index contributed by atoms with van der Waals surface area (Å²) in [6.07, 6.45) is 0. The van der Waals surface area contributed by atoms with Crippen molar-refractivity contribution < 1.29 is 23.9 Å². The van der Waals surface area contributed by atoms with E-state index in [0.29, 0.717) is 5.56 Å². The summed E-state index contributed by atoms with van der Waals surface area (Å²) in [5, 5.41) is 0. The van der Waals surface area contributed by atoms with E-state index in [-0.39, 0.29) is 35.4 Å². The number of esters is 1. The molecule has 0 radical (unpaired) electrons. The number of hydrogen-bond donors (Lipinski definition) is 0. The van der Waals surface area contributed by atoms with Gasteiger partial charge in [-0.25, -0.2) is 4.79 Å². The van der Waals surface area contributed by atoms with Crippen LogP contribution in [0, 0.1) is 17.8 Å². The largest absolute Gasteiger partial charge is 0.456 e. The van der Waals surface area contributed by atoms with Gasteiger partial charge < -0.3 is 4.74 Å². The molecule has 0 saturated carbocycles. The normalized spacial score (nSPS) is 23.6. The highest BCUT2D eigenvalue weighted by Crippen LogP contribution is 2.61. The molecule has 0 N–H and O–H groups in total. The van der Waals surface area contributed by atoms with Crippen LogP contribution in [0.5, 0.6) is 0 Å². The molecule has 38 heavy (non-hydrogen) atoms. The molecule has 1 aliphatic heterocycles. The van der Waals surface area contributed by atoms with Gasteiger partial charge in [0.25, 0.3) is 0 Å². The van der Waals surface area contributed by atoms with Crippen molar-refractivity contribution in [2.24, 2.45) is 17.8 Å². The van der Waals surface area contributed by atoms with Gasteiger partial charge in [-0.2, -0.15) is 0 Å². The number of likely N-dealkylation sites (tertiary alicyclic amines) is 1. The first kappa shape index (κ1) is 24.7. The predicted molar refractivity (Wildman–Crippen MR) is 143 cm³/mol. The van der Waals surface area contributed by atoms with Crippen LogP contribution in [0.25, 0.3) is 0 Å². The molecule has 192 valence electrons. The van der Waals surface area contributed by atoms with Gasteiger partial charge in [0.15, 0.2) is 12.4 Å². The molecular formula is C31H26BrNO5. The summed E-state index contributed by atoms with van der Waals surface area (Å²) in [4.78, 5) is 55.2. The lowest BCUT2D eigenvalue weighted by atomic mass is 9.55. The molecule has 0 spiro atoms. The lowest BCUT2D eigenvalue weighted by Crippen LogP contribution is -2.49. The van der Waals surface area contributed by atoms with E-state index < -0.39 is 30.5 Å². The van der Waals surface area contributed by atoms with Crippen LogP contribution < -0.4 is 0 Å². The van der Waals surface area contributed by atoms with E-state index in [1.165, 1.54) is 0 Å². The zero-order valence-corrected chi connectivity index (χ0v) is 22.6. The van der Waals surface area contributed by atoms with Gasteiger partial charge in [0.2, 0.25) is 11.8 Å². The van der Waals surface area contributed by atoms with E-state index in [2.05, 4.69) is 15.9 Å². The minimum atomic E-state index is -1.11. The monoisotopic (exact) mass is 571 g/mol. The average molecular weight is 572 g/mol. The van der Waals surface area contributed by atoms with E-state index in [4.69, 9.17) is 4.74 Å². The SMILES string of the molecule is CC(C)[C@H](C(=O)OCC(=O)c1ccc(Br)cc1)N1C(=O)[C@@H]2C3c4ccccc4C(c4ccccc43)[C@H]2C1=O. The second-order valence-electron chi connectivity index (χ2n) is 10.5. The van der Waals surface area contributed by atoms with Crippen molar-refractivity contribution in [3.63, 3.8) is 0 Å². The summed E-state index contributed by atoms with van der Waals surface area (Å²) in [5.74, 6) is -3.81. The van der Waals surface area contributed by atoms with Crippen LogP contribution >= 0.6 is 15.9 Å². The van der Waals surface area contributed by atoms with Crippen molar-refractivity contribution in [2.45, 2.75) is 31.7 Å². The number of rotatable bonds is 6. The Morgan fingerprint density at radius 3 is 1.66 bits per heavy atom. The van der Waals surface area contributed by atoms with E-state index in [9.17, 15) is 19.2 Å². The van der Waals surface area contributed by atoms with Crippen molar-refractivity contribution in [3.05, 3.63) is 105 Å². The van der Waals surface area contributed by atoms with Crippen molar-refractivity contribution in [2.75, 3.05) is 6.61 Å². The van der Waals surface area contributed by atoms with Gasteiger partial charge in [0, 0.05) is 21.9 Å². The zero-order valence-electron chi connectivity index (χ0n) is 21.0. The first-order chi connectivity index (χ1) is 18.3. The van der Waals surface area contributed by atoms with Crippen LogP contribution in [-0.2, 0) is 19.1 Å². The predicted octanol–water partition coefficient (Wildman–Crippen LogP) is 5.09. The Morgan fingerprint density at radius 1 is 0.789 bits per heavy atom. The van der Waals surface area contributed by atoms with E-state index in [0.717, 1.165) is 31.6 Å². The van der Waals surface area contributed by atoms with Gasteiger partial charge in [-0.3, -0.25) is 19.3 Å². The lowest BCUT2D eigenvalue weighted by Gasteiger charge is -2.45. The molecule has 3 aliphatic carbocycles. The number of nitrogens with zero attached hydrogens (tertiary/aromatic N) is 1. The molecule has 1 fully saturated rings. The molecular weight excluding hydrogens is 546 g/mol. The molecule has 2 amide bonds. The number of carbonyl (C=O) groups is 4. The Balaban J connectivity index is 1.31. The zero-order chi connectivity index (χ0) is 26.7. The van der Waals surface area contributed by atoms with Crippen molar-refractivity contribution in [3.8, 4) is 0 Å². The summed E-state index contributed by atoms with van der Waals surface area (Å²) in [6, 6.07) is 21.7. The molecule has 4 aliphatic rings. The number of imide groups is 1. The maximum absolute atomic E-state index is 14.0. The maximum atomic E-state index is 14.0. The van der Waals surface area contributed by atoms with Crippen molar-refractivity contribution >= 4 is 39.5 Å². The van der Waals surface area contributed by atoms with Crippen LogP contribution in [0.2, 0.25) is 0 Å². The second kappa shape index (κ2) is 9.31. The third kappa shape index (κ3) is 3.67. The van der Waals surface area contributed by atoms with Crippen LogP contribution in [-0.4, -0.2) is 41.1 Å². The molecule has 2 bridgehead atoms. The first-order valence-electron chi connectivity index (χ1n) is 12.8. The van der Waals surface area contributed by atoms with Gasteiger partial charge in [0.1, 0.15) is 6.04 Å². The highest BCUT2D eigenvalue weighted by Gasteiger charge is 2.63. The number of hydrogen-bond acceptors (Lipinski definition) is 5. The third-order valence-electron chi connectivity index (χ3n) is 8.15. The van der Waals surface area contributed by atoms with Crippen molar-refractivity contribution in [1.29, 1.82) is 0 Å². The lowest BCUT2D eigenvalue weighted by molar-refractivity contribution is -0.160.